The van der Waals surface area contributed by atoms with Crippen molar-refractivity contribution in [2.75, 3.05) is 6.54 Å². The van der Waals surface area contributed by atoms with E-state index in [1.54, 1.807) is 0 Å². The van der Waals surface area contributed by atoms with Crippen LogP contribution in [0.3, 0.4) is 0 Å². The van der Waals surface area contributed by atoms with Gasteiger partial charge >= 0.3 is 0 Å². The molecule has 3 unspecified atom stereocenters. The van der Waals surface area contributed by atoms with Gasteiger partial charge in [0.25, 0.3) is 0 Å². The normalized spacial score (nSPS) is 38.2. The molecule has 0 radical (unpaired) electrons. The molecule has 12 heavy (non-hydrogen) atoms. The molecule has 0 aliphatic carbocycles. The molecule has 1 heterocycles. The fourth-order valence-corrected chi connectivity index (χ4v) is 2.03. The minimum atomic E-state index is 0.201. The Morgan fingerprint density at radius 1 is 1.17 bits per heavy atom. The second kappa shape index (κ2) is 3.92. The third kappa shape index (κ3) is 2.50. The van der Waals surface area contributed by atoms with Gasteiger partial charge in [0.2, 0.25) is 5.91 Å². The standard InChI is InChI=1S/C10H19NO/c1-7-4-8(2)6-11-10(12)9(3)5-7/h7-9H,4-6H2,1-3H3,(H,11,12). The van der Waals surface area contributed by atoms with Crippen molar-refractivity contribution < 1.29 is 4.79 Å². The molecule has 1 aliphatic rings. The van der Waals surface area contributed by atoms with Crippen molar-refractivity contribution in [1.29, 1.82) is 0 Å². The summed E-state index contributed by atoms with van der Waals surface area (Å²) in [4.78, 5) is 11.3. The molecule has 1 saturated heterocycles. The lowest BCUT2D eigenvalue weighted by atomic mass is 9.87. The predicted molar refractivity (Wildman–Crippen MR) is 49.7 cm³/mol. The first-order valence-corrected chi connectivity index (χ1v) is 4.87. The van der Waals surface area contributed by atoms with Gasteiger partial charge in [-0.05, 0) is 24.7 Å². The van der Waals surface area contributed by atoms with E-state index in [1.807, 2.05) is 6.92 Å². The zero-order chi connectivity index (χ0) is 9.14. The molecule has 0 bridgehead atoms. The Bertz CT molecular complexity index is 167. The number of hydrogen-bond donors (Lipinski definition) is 1. The van der Waals surface area contributed by atoms with Crippen LogP contribution < -0.4 is 5.32 Å². The highest BCUT2D eigenvalue weighted by atomic mass is 16.1. The summed E-state index contributed by atoms with van der Waals surface area (Å²) in [6.45, 7) is 7.31. The summed E-state index contributed by atoms with van der Waals surface area (Å²) < 4.78 is 0. The summed E-state index contributed by atoms with van der Waals surface area (Å²) >= 11 is 0. The average Bonchev–Trinajstić information content (AvgIpc) is 1.98. The first-order chi connectivity index (χ1) is 5.59. The van der Waals surface area contributed by atoms with Crippen molar-refractivity contribution in [2.24, 2.45) is 17.8 Å². The molecule has 70 valence electrons. The van der Waals surface area contributed by atoms with E-state index in [9.17, 15) is 4.79 Å². The summed E-state index contributed by atoms with van der Waals surface area (Å²) in [6, 6.07) is 0. The molecule has 2 nitrogen and oxygen atoms in total. The Morgan fingerprint density at radius 3 is 2.50 bits per heavy atom. The van der Waals surface area contributed by atoms with Gasteiger partial charge in [-0.1, -0.05) is 20.8 Å². The van der Waals surface area contributed by atoms with Gasteiger partial charge in [-0.3, -0.25) is 4.79 Å². The Balaban J connectivity index is 2.52. The smallest absolute Gasteiger partial charge is 0.222 e. The van der Waals surface area contributed by atoms with Gasteiger partial charge in [0.05, 0.1) is 0 Å². The number of hydrogen-bond acceptors (Lipinski definition) is 1. The molecule has 0 spiro atoms. The van der Waals surface area contributed by atoms with Gasteiger partial charge in [0.15, 0.2) is 0 Å². The summed E-state index contributed by atoms with van der Waals surface area (Å²) in [6.07, 6.45) is 2.28. The minimum Gasteiger partial charge on any atom is -0.356 e. The number of nitrogens with one attached hydrogen (secondary N) is 1. The van der Waals surface area contributed by atoms with Crippen molar-refractivity contribution in [1.82, 2.24) is 5.32 Å². The van der Waals surface area contributed by atoms with E-state index < -0.39 is 0 Å². The molecule has 1 aliphatic heterocycles. The molecule has 2 heteroatoms. The second-order valence-electron chi connectivity index (χ2n) is 4.33. The van der Waals surface area contributed by atoms with Gasteiger partial charge < -0.3 is 5.32 Å². The SMILES string of the molecule is CC1CNC(=O)C(C)CC(C)C1. The second-order valence-corrected chi connectivity index (χ2v) is 4.33. The van der Waals surface area contributed by atoms with Crippen LogP contribution in [0.5, 0.6) is 0 Å². The van der Waals surface area contributed by atoms with E-state index in [0.29, 0.717) is 11.8 Å². The maximum atomic E-state index is 11.3. The average molecular weight is 169 g/mol. The zero-order valence-corrected chi connectivity index (χ0v) is 8.26. The highest BCUT2D eigenvalue weighted by Gasteiger charge is 2.21. The first-order valence-electron chi connectivity index (χ1n) is 4.87. The molecule has 1 N–H and O–H groups in total. The lowest BCUT2D eigenvalue weighted by Gasteiger charge is -2.24. The lowest BCUT2D eigenvalue weighted by molar-refractivity contribution is -0.125. The minimum absolute atomic E-state index is 0.201. The number of carbonyl (C=O) groups excluding carboxylic acids is 1. The largest absolute Gasteiger partial charge is 0.356 e. The summed E-state index contributed by atoms with van der Waals surface area (Å²) in [5.41, 5.74) is 0. The van der Waals surface area contributed by atoms with Gasteiger partial charge in [-0.2, -0.15) is 0 Å². The van der Waals surface area contributed by atoms with Gasteiger partial charge in [0, 0.05) is 12.5 Å². The van der Waals surface area contributed by atoms with Crippen molar-refractivity contribution in [3.63, 3.8) is 0 Å². The maximum absolute atomic E-state index is 11.3. The number of carbonyl (C=O) groups is 1. The topological polar surface area (TPSA) is 29.1 Å². The van der Waals surface area contributed by atoms with Crippen molar-refractivity contribution in [2.45, 2.75) is 33.6 Å². The Morgan fingerprint density at radius 2 is 1.83 bits per heavy atom. The summed E-state index contributed by atoms with van der Waals surface area (Å²) in [5.74, 6) is 1.76. The van der Waals surface area contributed by atoms with Crippen LogP contribution in [0, 0.1) is 17.8 Å². The molecule has 0 aromatic carbocycles. The third-order valence-electron chi connectivity index (χ3n) is 2.63. The lowest BCUT2D eigenvalue weighted by Crippen LogP contribution is -2.36. The van der Waals surface area contributed by atoms with Gasteiger partial charge in [-0.25, -0.2) is 0 Å². The molecule has 0 saturated carbocycles. The van der Waals surface area contributed by atoms with Crippen LogP contribution in [-0.2, 0) is 4.79 Å². The molecule has 1 rings (SSSR count). The van der Waals surface area contributed by atoms with E-state index in [0.717, 1.165) is 13.0 Å². The van der Waals surface area contributed by atoms with E-state index in [-0.39, 0.29) is 11.8 Å². The molecule has 0 aromatic rings. The van der Waals surface area contributed by atoms with Crippen LogP contribution in [0.25, 0.3) is 0 Å². The Labute approximate surface area is 74.7 Å². The van der Waals surface area contributed by atoms with Crippen LogP contribution in [0.4, 0.5) is 0 Å². The fraction of sp³-hybridized carbons (Fsp3) is 0.900. The molecular weight excluding hydrogens is 150 g/mol. The molecule has 0 aromatic heterocycles. The van der Waals surface area contributed by atoms with Crippen molar-refractivity contribution in [3.05, 3.63) is 0 Å². The maximum Gasteiger partial charge on any atom is 0.222 e. The van der Waals surface area contributed by atoms with Crippen molar-refractivity contribution in [3.8, 4) is 0 Å². The third-order valence-corrected chi connectivity index (χ3v) is 2.63. The van der Waals surface area contributed by atoms with Crippen LogP contribution in [-0.4, -0.2) is 12.5 Å². The van der Waals surface area contributed by atoms with Crippen LogP contribution in [0.15, 0.2) is 0 Å². The monoisotopic (exact) mass is 169 g/mol. The Kier molecular flexibility index (Phi) is 3.12. The highest BCUT2D eigenvalue weighted by molar-refractivity contribution is 5.78. The van der Waals surface area contributed by atoms with Gasteiger partial charge in [0.1, 0.15) is 0 Å². The molecular formula is C10H19NO. The van der Waals surface area contributed by atoms with Crippen molar-refractivity contribution >= 4 is 5.91 Å². The number of amides is 1. The van der Waals surface area contributed by atoms with E-state index >= 15 is 0 Å². The predicted octanol–water partition coefficient (Wildman–Crippen LogP) is 1.80. The first kappa shape index (κ1) is 9.56. The number of rotatable bonds is 0. The summed E-state index contributed by atoms with van der Waals surface area (Å²) in [5, 5.41) is 2.97. The van der Waals surface area contributed by atoms with E-state index in [2.05, 4.69) is 19.2 Å². The Hall–Kier alpha value is -0.530. The highest BCUT2D eigenvalue weighted by Crippen LogP contribution is 2.21. The van der Waals surface area contributed by atoms with Crippen LogP contribution in [0.1, 0.15) is 33.6 Å². The molecule has 3 atom stereocenters. The summed E-state index contributed by atoms with van der Waals surface area (Å²) in [7, 11) is 0. The van der Waals surface area contributed by atoms with Gasteiger partial charge in [-0.15, -0.1) is 0 Å². The van der Waals surface area contributed by atoms with E-state index in [1.165, 1.54) is 6.42 Å². The molecule has 1 amide bonds. The van der Waals surface area contributed by atoms with Crippen LogP contribution in [0.2, 0.25) is 0 Å². The fourth-order valence-electron chi connectivity index (χ4n) is 2.03. The van der Waals surface area contributed by atoms with Crippen LogP contribution >= 0.6 is 0 Å². The zero-order valence-electron chi connectivity index (χ0n) is 8.26. The van der Waals surface area contributed by atoms with E-state index in [4.69, 9.17) is 0 Å². The molecule has 1 fully saturated rings. The quantitative estimate of drug-likeness (QED) is 0.588.